The zero-order valence-corrected chi connectivity index (χ0v) is 22.3. The van der Waals surface area contributed by atoms with E-state index in [0.29, 0.717) is 47.9 Å². The summed E-state index contributed by atoms with van der Waals surface area (Å²) in [6, 6.07) is 9.69. The Labute approximate surface area is 221 Å². The number of amides is 1. The normalized spacial score (nSPS) is 16.2. The molecule has 0 saturated carbocycles. The quantitative estimate of drug-likeness (QED) is 0.338. The van der Waals surface area contributed by atoms with Crippen molar-refractivity contribution in [1.29, 1.82) is 0 Å². The van der Waals surface area contributed by atoms with Crippen LogP contribution in [0, 0.1) is 5.95 Å². The molecule has 38 heavy (non-hydrogen) atoms. The van der Waals surface area contributed by atoms with E-state index in [0.717, 1.165) is 17.7 Å². The van der Waals surface area contributed by atoms with E-state index in [4.69, 9.17) is 4.74 Å². The molecule has 198 valence electrons. The van der Waals surface area contributed by atoms with E-state index in [1.807, 2.05) is 61.7 Å². The van der Waals surface area contributed by atoms with Crippen molar-refractivity contribution in [2.24, 2.45) is 0 Å². The van der Waals surface area contributed by atoms with E-state index < -0.39 is 5.95 Å². The number of halogens is 1. The van der Waals surface area contributed by atoms with Crippen LogP contribution < -0.4 is 9.64 Å². The number of anilines is 1. The number of aromatic nitrogens is 5. The predicted molar refractivity (Wildman–Crippen MR) is 144 cm³/mol. The van der Waals surface area contributed by atoms with Crippen molar-refractivity contribution in [3.05, 3.63) is 60.2 Å². The molecule has 1 aliphatic rings. The summed E-state index contributed by atoms with van der Waals surface area (Å²) in [5, 5.41) is 0. The van der Waals surface area contributed by atoms with Crippen molar-refractivity contribution >= 4 is 22.6 Å². The minimum absolute atomic E-state index is 0.108. The molecule has 3 aromatic heterocycles. The van der Waals surface area contributed by atoms with Crippen LogP contribution in [0.25, 0.3) is 22.4 Å². The molecule has 0 spiro atoms. The fourth-order valence-electron chi connectivity index (χ4n) is 4.91. The highest BCUT2D eigenvalue weighted by Gasteiger charge is 2.28. The maximum absolute atomic E-state index is 14.8. The maximum Gasteiger partial charge on any atom is 0.241 e. The Morgan fingerprint density at radius 2 is 1.95 bits per heavy atom. The molecule has 1 saturated heterocycles. The summed E-state index contributed by atoms with van der Waals surface area (Å²) in [6.45, 7) is 4.70. The Bertz CT molecular complexity index is 1480. The van der Waals surface area contributed by atoms with Crippen LogP contribution in [0.4, 0.5) is 10.1 Å². The number of imidazole rings is 1. The third-order valence-electron chi connectivity index (χ3n) is 7.10. The number of hydrogen-bond acceptors (Lipinski definition) is 7. The van der Waals surface area contributed by atoms with Crippen LogP contribution in [-0.4, -0.2) is 69.1 Å². The Balaban J connectivity index is 1.40. The van der Waals surface area contributed by atoms with Crippen molar-refractivity contribution in [1.82, 2.24) is 29.4 Å². The molecule has 1 aromatic carbocycles. The van der Waals surface area contributed by atoms with Gasteiger partial charge in [0.2, 0.25) is 11.9 Å². The average molecular weight is 518 g/mol. The molecule has 4 aromatic rings. The molecule has 1 atom stereocenters. The first-order chi connectivity index (χ1) is 18.2. The van der Waals surface area contributed by atoms with Crippen molar-refractivity contribution in [3.63, 3.8) is 0 Å². The van der Waals surface area contributed by atoms with Crippen LogP contribution >= 0.6 is 0 Å². The van der Waals surface area contributed by atoms with Crippen LogP contribution in [0.3, 0.4) is 0 Å². The largest absolute Gasteiger partial charge is 0.496 e. The second-order valence-corrected chi connectivity index (χ2v) is 10.1. The lowest BCUT2D eigenvalue weighted by molar-refractivity contribution is -0.120. The van der Waals surface area contributed by atoms with Crippen LogP contribution in [0.2, 0.25) is 0 Å². The van der Waals surface area contributed by atoms with Crippen LogP contribution in [0.1, 0.15) is 44.1 Å². The number of ether oxygens (including phenoxy) is 1. The number of rotatable bonds is 7. The summed E-state index contributed by atoms with van der Waals surface area (Å²) in [7, 11) is 5.63. The molecule has 1 amide bonds. The summed E-state index contributed by atoms with van der Waals surface area (Å²) >= 11 is 0. The number of carbonyl (C=O) groups excluding carboxylic acids is 1. The summed E-state index contributed by atoms with van der Waals surface area (Å²) in [4.78, 5) is 34.1. The molecular weight excluding hydrogens is 485 g/mol. The first-order valence-electron chi connectivity index (χ1n) is 12.7. The highest BCUT2D eigenvalue weighted by molar-refractivity contribution is 5.94. The SMILES string of the molecule is COc1cc(N2CCC(N(C)C)CC2=O)ccc1Cc1nccc(-c2cc3c(ncn3C(C)C)c(F)n2)n1. The molecule has 9 nitrogen and oxygen atoms in total. The number of fused-ring (bicyclic) bond motifs is 1. The topological polar surface area (TPSA) is 89.3 Å². The Morgan fingerprint density at radius 1 is 1.13 bits per heavy atom. The first kappa shape index (κ1) is 25.7. The minimum atomic E-state index is -0.626. The number of piperidine rings is 1. The van der Waals surface area contributed by atoms with E-state index >= 15 is 0 Å². The van der Waals surface area contributed by atoms with Gasteiger partial charge in [0.1, 0.15) is 17.1 Å². The Morgan fingerprint density at radius 3 is 2.66 bits per heavy atom. The van der Waals surface area contributed by atoms with Crippen molar-refractivity contribution < 1.29 is 13.9 Å². The molecule has 10 heteroatoms. The van der Waals surface area contributed by atoms with Gasteiger partial charge in [0.15, 0.2) is 0 Å². The van der Waals surface area contributed by atoms with Gasteiger partial charge in [-0.25, -0.2) is 19.9 Å². The van der Waals surface area contributed by atoms with Gasteiger partial charge in [-0.3, -0.25) is 4.79 Å². The minimum Gasteiger partial charge on any atom is -0.496 e. The summed E-state index contributed by atoms with van der Waals surface area (Å²) in [5.41, 5.74) is 3.56. The Kier molecular flexibility index (Phi) is 7.07. The van der Waals surface area contributed by atoms with E-state index in [-0.39, 0.29) is 23.5 Å². The number of benzene rings is 1. The maximum atomic E-state index is 14.8. The van der Waals surface area contributed by atoms with Crippen LogP contribution in [-0.2, 0) is 11.2 Å². The lowest BCUT2D eigenvalue weighted by Gasteiger charge is -2.35. The lowest BCUT2D eigenvalue weighted by Crippen LogP contribution is -2.45. The van der Waals surface area contributed by atoms with Gasteiger partial charge in [0.25, 0.3) is 0 Å². The fourth-order valence-corrected chi connectivity index (χ4v) is 4.91. The average Bonchev–Trinajstić information content (AvgIpc) is 3.34. The van der Waals surface area contributed by atoms with Gasteiger partial charge in [0, 0.05) is 55.0 Å². The third-order valence-corrected chi connectivity index (χ3v) is 7.10. The second-order valence-electron chi connectivity index (χ2n) is 10.1. The zero-order chi connectivity index (χ0) is 27.0. The van der Waals surface area contributed by atoms with Crippen molar-refractivity contribution in [2.75, 3.05) is 32.6 Å². The van der Waals surface area contributed by atoms with Crippen molar-refractivity contribution in [2.45, 2.75) is 45.2 Å². The number of nitrogens with zero attached hydrogens (tertiary/aromatic N) is 7. The van der Waals surface area contributed by atoms with Gasteiger partial charge in [0.05, 0.1) is 30.3 Å². The lowest BCUT2D eigenvalue weighted by atomic mass is 10.0. The third kappa shape index (κ3) is 4.96. The summed E-state index contributed by atoms with van der Waals surface area (Å²) < 4.78 is 22.3. The van der Waals surface area contributed by atoms with E-state index in [1.54, 1.807) is 25.7 Å². The van der Waals surface area contributed by atoms with Gasteiger partial charge in [-0.05, 0) is 52.6 Å². The molecule has 0 N–H and O–H groups in total. The highest BCUT2D eigenvalue weighted by atomic mass is 19.1. The van der Waals surface area contributed by atoms with Gasteiger partial charge in [-0.15, -0.1) is 0 Å². The Hall–Kier alpha value is -3.92. The number of carbonyl (C=O) groups is 1. The molecule has 0 radical (unpaired) electrons. The molecule has 1 fully saturated rings. The van der Waals surface area contributed by atoms with Crippen molar-refractivity contribution in [3.8, 4) is 17.1 Å². The molecule has 0 bridgehead atoms. The second kappa shape index (κ2) is 10.4. The summed E-state index contributed by atoms with van der Waals surface area (Å²) in [5.74, 6) is 0.691. The van der Waals surface area contributed by atoms with Crippen LogP contribution in [0.15, 0.2) is 42.9 Å². The van der Waals surface area contributed by atoms with Gasteiger partial charge >= 0.3 is 0 Å². The molecular formula is C28H32FN7O2. The number of hydrogen-bond donors (Lipinski definition) is 0. The highest BCUT2D eigenvalue weighted by Crippen LogP contribution is 2.30. The van der Waals surface area contributed by atoms with Crippen LogP contribution in [0.5, 0.6) is 5.75 Å². The standard InChI is InChI=1S/C28H32FN7O2/c1-17(2)36-16-31-27-23(36)15-22(33-28(27)29)21-8-10-30-25(32-21)12-18-6-7-20(13-24(18)38-5)35-11-9-19(34(3)4)14-26(35)37/h6-8,10,13,15-17,19H,9,11-12,14H2,1-5H3. The van der Waals surface area contributed by atoms with E-state index in [2.05, 4.69) is 24.8 Å². The molecule has 1 aliphatic heterocycles. The molecule has 4 heterocycles. The van der Waals surface area contributed by atoms with Gasteiger partial charge in [-0.2, -0.15) is 4.39 Å². The van der Waals surface area contributed by atoms with E-state index in [9.17, 15) is 9.18 Å². The van der Waals surface area contributed by atoms with Gasteiger partial charge < -0.3 is 19.1 Å². The number of methoxy groups -OCH3 is 1. The number of pyridine rings is 1. The zero-order valence-electron chi connectivity index (χ0n) is 22.3. The van der Waals surface area contributed by atoms with Gasteiger partial charge in [-0.1, -0.05) is 6.07 Å². The monoisotopic (exact) mass is 517 g/mol. The van der Waals surface area contributed by atoms with E-state index in [1.165, 1.54) is 0 Å². The smallest absolute Gasteiger partial charge is 0.241 e. The summed E-state index contributed by atoms with van der Waals surface area (Å²) in [6.07, 6.45) is 5.10. The fraction of sp³-hybridized carbons (Fsp3) is 0.393. The molecule has 1 unspecified atom stereocenters. The first-order valence-corrected chi connectivity index (χ1v) is 12.7. The predicted octanol–water partition coefficient (Wildman–Crippen LogP) is 4.26. The molecule has 5 rings (SSSR count). The molecule has 0 aliphatic carbocycles.